The number of carbonyl (C=O) groups is 1. The number of halogens is 1. The van der Waals surface area contributed by atoms with Crippen molar-refractivity contribution < 1.29 is 9.90 Å². The molecule has 20 heavy (non-hydrogen) atoms. The number of aromatic nitrogens is 1. The van der Waals surface area contributed by atoms with E-state index < -0.39 is 5.97 Å². The van der Waals surface area contributed by atoms with Gasteiger partial charge in [-0.3, -0.25) is 4.98 Å². The van der Waals surface area contributed by atoms with E-state index in [0.717, 1.165) is 13.0 Å². The van der Waals surface area contributed by atoms with Crippen molar-refractivity contribution in [1.82, 2.24) is 4.98 Å². The van der Waals surface area contributed by atoms with E-state index in [0.29, 0.717) is 15.7 Å². The highest BCUT2D eigenvalue weighted by Gasteiger charge is 2.16. The molecule has 5 heteroatoms. The van der Waals surface area contributed by atoms with E-state index in [1.54, 1.807) is 18.5 Å². The number of carboxylic acids is 1. The van der Waals surface area contributed by atoms with Gasteiger partial charge in [0.2, 0.25) is 0 Å². The maximum atomic E-state index is 11.4. The van der Waals surface area contributed by atoms with Gasteiger partial charge < -0.3 is 10.0 Å². The van der Waals surface area contributed by atoms with Gasteiger partial charge in [0.15, 0.2) is 0 Å². The minimum absolute atomic E-state index is 0.296. The van der Waals surface area contributed by atoms with Gasteiger partial charge in [0.05, 0.1) is 11.3 Å². The van der Waals surface area contributed by atoms with Crippen molar-refractivity contribution in [3.05, 3.63) is 58.3 Å². The van der Waals surface area contributed by atoms with Gasteiger partial charge >= 0.3 is 5.97 Å². The van der Waals surface area contributed by atoms with E-state index in [4.69, 9.17) is 0 Å². The molecule has 2 rings (SSSR count). The molecule has 0 fully saturated rings. The average Bonchev–Trinajstić information content (AvgIpc) is 2.45. The molecule has 0 saturated carbocycles. The second-order valence-corrected chi connectivity index (χ2v) is 5.32. The number of rotatable bonds is 5. The van der Waals surface area contributed by atoms with Crippen molar-refractivity contribution in [3.8, 4) is 0 Å². The smallest absolute Gasteiger partial charge is 0.338 e. The Morgan fingerprint density at radius 1 is 1.30 bits per heavy atom. The quantitative estimate of drug-likeness (QED) is 0.912. The highest BCUT2D eigenvalue weighted by atomic mass is 79.9. The fourth-order valence-electron chi connectivity index (χ4n) is 2.01. The zero-order valence-electron chi connectivity index (χ0n) is 11.1. The first kappa shape index (κ1) is 14.5. The van der Waals surface area contributed by atoms with Crippen LogP contribution >= 0.6 is 15.9 Å². The molecule has 0 spiro atoms. The molecule has 1 aromatic carbocycles. The summed E-state index contributed by atoms with van der Waals surface area (Å²) in [5.41, 5.74) is 2.18. The molecular formula is C15H15BrN2O2. The summed E-state index contributed by atoms with van der Waals surface area (Å²) in [6, 6.07) is 9.33. The Hall–Kier alpha value is -1.88. The zero-order chi connectivity index (χ0) is 14.5. The first-order valence-electron chi connectivity index (χ1n) is 6.21. The van der Waals surface area contributed by atoms with E-state index in [9.17, 15) is 9.90 Å². The van der Waals surface area contributed by atoms with Gasteiger partial charge in [-0.05, 0) is 52.2 Å². The lowest BCUT2D eigenvalue weighted by molar-refractivity contribution is 0.0696. The summed E-state index contributed by atoms with van der Waals surface area (Å²) in [7, 11) is 1.90. The van der Waals surface area contributed by atoms with Gasteiger partial charge in [-0.25, -0.2) is 4.79 Å². The van der Waals surface area contributed by atoms with Crippen molar-refractivity contribution >= 4 is 27.6 Å². The topological polar surface area (TPSA) is 53.4 Å². The van der Waals surface area contributed by atoms with Crippen LogP contribution in [0.15, 0.2) is 47.2 Å². The van der Waals surface area contributed by atoms with E-state index in [1.165, 1.54) is 5.56 Å². The molecule has 0 atom stereocenters. The molecule has 104 valence electrons. The number of hydrogen-bond donors (Lipinski definition) is 1. The maximum absolute atomic E-state index is 11.4. The molecule has 1 heterocycles. The highest BCUT2D eigenvalue weighted by Crippen LogP contribution is 2.27. The molecule has 1 N–H and O–H groups in total. The van der Waals surface area contributed by atoms with Gasteiger partial charge in [0.1, 0.15) is 0 Å². The molecule has 0 aliphatic carbocycles. The van der Waals surface area contributed by atoms with Crippen molar-refractivity contribution in [1.29, 1.82) is 0 Å². The average molecular weight is 335 g/mol. The molecular weight excluding hydrogens is 320 g/mol. The Kier molecular flexibility index (Phi) is 4.74. The van der Waals surface area contributed by atoms with Crippen molar-refractivity contribution in [2.45, 2.75) is 6.42 Å². The van der Waals surface area contributed by atoms with Gasteiger partial charge in [-0.2, -0.15) is 0 Å². The van der Waals surface area contributed by atoms with E-state index >= 15 is 0 Å². The Balaban J connectivity index is 2.15. The number of carboxylic acid groups (broad SMARTS) is 1. The van der Waals surface area contributed by atoms with Gasteiger partial charge in [0.25, 0.3) is 0 Å². The minimum Gasteiger partial charge on any atom is -0.478 e. The number of aromatic carboxylic acids is 1. The summed E-state index contributed by atoms with van der Waals surface area (Å²) >= 11 is 3.30. The molecule has 2 aromatic rings. The van der Waals surface area contributed by atoms with Gasteiger partial charge in [0, 0.05) is 30.5 Å². The second kappa shape index (κ2) is 6.52. The molecule has 0 amide bonds. The van der Waals surface area contributed by atoms with Crippen LogP contribution in [0.5, 0.6) is 0 Å². The number of likely N-dealkylation sites (N-methyl/N-ethyl adjacent to an activating group) is 1. The normalized spacial score (nSPS) is 10.3. The third-order valence-corrected chi connectivity index (χ3v) is 3.76. The van der Waals surface area contributed by atoms with Gasteiger partial charge in [-0.15, -0.1) is 0 Å². The van der Waals surface area contributed by atoms with Crippen LogP contribution in [0.2, 0.25) is 0 Å². The summed E-state index contributed by atoms with van der Waals surface area (Å²) in [6.45, 7) is 0.737. The molecule has 1 aromatic heterocycles. The van der Waals surface area contributed by atoms with Crippen LogP contribution in [-0.4, -0.2) is 29.7 Å². The second-order valence-electron chi connectivity index (χ2n) is 4.47. The summed E-state index contributed by atoms with van der Waals surface area (Å²) in [5.74, 6) is -0.928. The number of pyridine rings is 1. The standard InChI is InChI=1S/C15H15BrN2O2/c1-18(10-7-11-5-8-17-9-6-11)13-4-2-3-12(16)14(13)15(19)20/h2-6,8-9H,7,10H2,1H3,(H,19,20). The van der Waals surface area contributed by atoms with Crippen LogP contribution in [0.3, 0.4) is 0 Å². The van der Waals surface area contributed by atoms with Crippen LogP contribution in [0.1, 0.15) is 15.9 Å². The van der Waals surface area contributed by atoms with Crippen LogP contribution in [0, 0.1) is 0 Å². The third-order valence-electron chi connectivity index (χ3n) is 3.10. The van der Waals surface area contributed by atoms with Gasteiger partial charge in [-0.1, -0.05) is 6.07 Å². The van der Waals surface area contributed by atoms with Crippen LogP contribution in [-0.2, 0) is 6.42 Å². The molecule has 0 bridgehead atoms. The summed E-state index contributed by atoms with van der Waals surface area (Å²) in [4.78, 5) is 17.3. The lowest BCUT2D eigenvalue weighted by Gasteiger charge is -2.21. The SMILES string of the molecule is CN(CCc1ccncc1)c1cccc(Br)c1C(=O)O. The Morgan fingerprint density at radius 3 is 2.65 bits per heavy atom. The number of hydrogen-bond acceptors (Lipinski definition) is 3. The Labute approximate surface area is 126 Å². The summed E-state index contributed by atoms with van der Waals surface area (Å²) in [6.07, 6.45) is 4.36. The van der Waals surface area contributed by atoms with Crippen LogP contribution < -0.4 is 4.90 Å². The molecule has 0 saturated heterocycles. The lowest BCUT2D eigenvalue weighted by Crippen LogP contribution is -2.22. The molecule has 4 nitrogen and oxygen atoms in total. The highest BCUT2D eigenvalue weighted by molar-refractivity contribution is 9.10. The first-order chi connectivity index (χ1) is 9.59. The summed E-state index contributed by atoms with van der Waals surface area (Å²) < 4.78 is 0.596. The Bertz CT molecular complexity index is 602. The Morgan fingerprint density at radius 2 is 2.00 bits per heavy atom. The largest absolute Gasteiger partial charge is 0.478 e. The predicted octanol–water partition coefficient (Wildman–Crippen LogP) is 3.22. The van der Waals surface area contributed by atoms with E-state index in [2.05, 4.69) is 20.9 Å². The molecule has 0 unspecified atom stereocenters. The number of nitrogens with zero attached hydrogens (tertiary/aromatic N) is 2. The fraction of sp³-hybridized carbons (Fsp3) is 0.200. The summed E-state index contributed by atoms with van der Waals surface area (Å²) in [5, 5.41) is 9.32. The van der Waals surface area contributed by atoms with Crippen molar-refractivity contribution in [3.63, 3.8) is 0 Å². The number of anilines is 1. The molecule has 0 radical (unpaired) electrons. The predicted molar refractivity (Wildman–Crippen MR) is 82.3 cm³/mol. The van der Waals surface area contributed by atoms with E-state index in [-0.39, 0.29) is 0 Å². The molecule has 0 aliphatic heterocycles. The molecule has 0 aliphatic rings. The minimum atomic E-state index is -0.928. The lowest BCUT2D eigenvalue weighted by atomic mass is 10.1. The number of benzene rings is 1. The van der Waals surface area contributed by atoms with Crippen molar-refractivity contribution in [2.24, 2.45) is 0 Å². The fourth-order valence-corrected chi connectivity index (χ4v) is 2.53. The van der Waals surface area contributed by atoms with Crippen molar-refractivity contribution in [2.75, 3.05) is 18.5 Å². The van der Waals surface area contributed by atoms with Crippen LogP contribution in [0.25, 0.3) is 0 Å². The maximum Gasteiger partial charge on any atom is 0.338 e. The monoisotopic (exact) mass is 334 g/mol. The van der Waals surface area contributed by atoms with Crippen LogP contribution in [0.4, 0.5) is 5.69 Å². The first-order valence-corrected chi connectivity index (χ1v) is 7.00. The zero-order valence-corrected chi connectivity index (χ0v) is 12.7. The third kappa shape index (κ3) is 3.36. The van der Waals surface area contributed by atoms with E-state index in [1.807, 2.05) is 36.2 Å².